The van der Waals surface area contributed by atoms with Crippen LogP contribution in [0.15, 0.2) is 186 Å². The fraction of sp³-hybridized carbons (Fsp3) is 0. The Bertz CT molecular complexity index is 3530. The van der Waals surface area contributed by atoms with E-state index in [0.29, 0.717) is 17.5 Å². The quantitative estimate of drug-likeness (QED) is 0.176. The van der Waals surface area contributed by atoms with Crippen LogP contribution in [0.2, 0.25) is 0 Å². The smallest absolute Gasteiger partial charge is 0.164 e. The van der Waals surface area contributed by atoms with Crippen molar-refractivity contribution in [3.05, 3.63) is 182 Å². The molecule has 0 N–H and O–H groups in total. The summed E-state index contributed by atoms with van der Waals surface area (Å²) in [5.41, 5.74) is 9.76. The fourth-order valence-electron chi connectivity index (χ4n) is 8.48. The third kappa shape index (κ3) is 4.98. The van der Waals surface area contributed by atoms with Crippen LogP contribution < -0.4 is 0 Å². The van der Waals surface area contributed by atoms with Gasteiger partial charge in [0.2, 0.25) is 0 Å². The van der Waals surface area contributed by atoms with Gasteiger partial charge < -0.3 is 8.98 Å². The van der Waals surface area contributed by atoms with Crippen molar-refractivity contribution in [3.8, 4) is 51.0 Å². The molecule has 0 spiro atoms. The third-order valence-electron chi connectivity index (χ3n) is 11.1. The number of furan rings is 1. The van der Waals surface area contributed by atoms with Crippen molar-refractivity contribution in [2.45, 2.75) is 0 Å². The lowest BCUT2D eigenvalue weighted by molar-refractivity contribution is 0.666. The lowest BCUT2D eigenvalue weighted by atomic mass is 10.0. The Morgan fingerprint density at radius 1 is 0.421 bits per heavy atom. The van der Waals surface area contributed by atoms with E-state index >= 15 is 0 Å². The number of hydrogen-bond acceptors (Lipinski definition) is 5. The normalized spacial score (nSPS) is 11.9. The van der Waals surface area contributed by atoms with Gasteiger partial charge in [0.15, 0.2) is 23.1 Å². The average Bonchev–Trinajstić information content (AvgIpc) is 3.97. The molecule has 4 aromatic heterocycles. The average molecular weight is 747 g/mol. The second-order valence-electron chi connectivity index (χ2n) is 14.3. The van der Waals surface area contributed by atoms with E-state index in [2.05, 4.69) is 138 Å². The number of hydrogen-bond donors (Lipinski definition) is 0. The van der Waals surface area contributed by atoms with Crippen LogP contribution in [0.3, 0.4) is 0 Å². The van der Waals surface area contributed by atoms with E-state index in [4.69, 9.17) is 19.4 Å². The van der Waals surface area contributed by atoms with Gasteiger partial charge in [-0.05, 0) is 53.6 Å². The summed E-state index contributed by atoms with van der Waals surface area (Å²) >= 11 is 1.86. The zero-order chi connectivity index (χ0) is 37.5. The van der Waals surface area contributed by atoms with Crippen molar-refractivity contribution in [2.75, 3.05) is 0 Å². The van der Waals surface area contributed by atoms with Crippen LogP contribution in [0.1, 0.15) is 0 Å². The fourth-order valence-corrected chi connectivity index (χ4v) is 9.74. The molecule has 0 saturated heterocycles. The van der Waals surface area contributed by atoms with E-state index in [1.54, 1.807) is 0 Å². The largest absolute Gasteiger partial charge is 0.454 e. The summed E-state index contributed by atoms with van der Waals surface area (Å²) in [6, 6.07) is 63.5. The molecule has 12 rings (SSSR count). The molecule has 0 atom stereocenters. The summed E-state index contributed by atoms with van der Waals surface area (Å²) < 4.78 is 11.9. The van der Waals surface area contributed by atoms with Crippen molar-refractivity contribution in [1.29, 1.82) is 0 Å². The van der Waals surface area contributed by atoms with Crippen LogP contribution in [0.25, 0.3) is 115 Å². The monoisotopic (exact) mass is 746 g/mol. The Hall–Kier alpha value is -7.41. The first-order valence-corrected chi connectivity index (χ1v) is 19.8. The van der Waals surface area contributed by atoms with E-state index in [-0.39, 0.29) is 0 Å². The van der Waals surface area contributed by atoms with E-state index in [0.717, 1.165) is 66.5 Å². The van der Waals surface area contributed by atoms with E-state index in [1.165, 1.54) is 30.9 Å². The van der Waals surface area contributed by atoms with Crippen LogP contribution in [0.4, 0.5) is 0 Å². The number of rotatable bonds is 5. The molecule has 8 aromatic carbocycles. The third-order valence-corrected chi connectivity index (χ3v) is 12.3. The van der Waals surface area contributed by atoms with Gasteiger partial charge in [-0.25, -0.2) is 15.0 Å². The summed E-state index contributed by atoms with van der Waals surface area (Å²) in [5.74, 6) is 1.80. The number of nitrogens with zero attached hydrogens (tertiary/aromatic N) is 4. The molecule has 0 amide bonds. The molecule has 0 bridgehead atoms. The number of fused-ring (bicyclic) bond motifs is 10. The van der Waals surface area contributed by atoms with Gasteiger partial charge in [0.1, 0.15) is 5.58 Å². The Labute approximate surface area is 330 Å². The Balaban J connectivity index is 1.13. The topological polar surface area (TPSA) is 56.7 Å². The van der Waals surface area contributed by atoms with Crippen LogP contribution in [-0.2, 0) is 0 Å². The first kappa shape index (κ1) is 31.9. The summed E-state index contributed by atoms with van der Waals surface area (Å²) in [6.07, 6.45) is 0. The SMILES string of the molecule is c1ccc(-c2cccc(-c3nc(-c4ccccc4)nc(-c4ccc(-n5c6ccccc6c6c7sc8ccccc8c7ccc65)c5oc6ccccc6c45)n3)c2)cc1. The van der Waals surface area contributed by atoms with Gasteiger partial charge >= 0.3 is 0 Å². The molecule has 5 nitrogen and oxygen atoms in total. The predicted molar refractivity (Wildman–Crippen MR) is 236 cm³/mol. The minimum Gasteiger partial charge on any atom is -0.454 e. The van der Waals surface area contributed by atoms with Crippen molar-refractivity contribution in [3.63, 3.8) is 0 Å². The summed E-state index contributed by atoms with van der Waals surface area (Å²) in [4.78, 5) is 15.5. The van der Waals surface area contributed by atoms with Gasteiger partial charge in [-0.15, -0.1) is 11.3 Å². The number of aromatic nitrogens is 4. The molecule has 0 fully saturated rings. The number of benzene rings is 8. The molecule has 12 aromatic rings. The van der Waals surface area contributed by atoms with Crippen molar-refractivity contribution in [1.82, 2.24) is 19.5 Å². The molecule has 0 saturated carbocycles. The van der Waals surface area contributed by atoms with E-state index < -0.39 is 0 Å². The molecule has 0 aliphatic rings. The first-order valence-electron chi connectivity index (χ1n) is 19.0. The van der Waals surface area contributed by atoms with E-state index in [1.807, 2.05) is 59.9 Å². The van der Waals surface area contributed by atoms with Crippen molar-refractivity contribution in [2.24, 2.45) is 0 Å². The highest BCUT2D eigenvalue weighted by molar-refractivity contribution is 7.26. The first-order chi connectivity index (χ1) is 28.3. The Kier molecular flexibility index (Phi) is 7.03. The molecule has 0 radical (unpaired) electrons. The minimum absolute atomic E-state index is 0.585. The molecule has 266 valence electrons. The number of para-hydroxylation sites is 2. The molecular formula is C51H30N4OS. The van der Waals surface area contributed by atoms with E-state index in [9.17, 15) is 0 Å². The minimum atomic E-state index is 0.585. The lowest BCUT2D eigenvalue weighted by Gasteiger charge is -2.13. The Morgan fingerprint density at radius 2 is 1.07 bits per heavy atom. The molecular weight excluding hydrogens is 717 g/mol. The maximum atomic E-state index is 6.91. The highest BCUT2D eigenvalue weighted by Crippen LogP contribution is 2.46. The summed E-state index contributed by atoms with van der Waals surface area (Å²) in [6.45, 7) is 0. The summed E-state index contributed by atoms with van der Waals surface area (Å²) in [7, 11) is 0. The van der Waals surface area contributed by atoms with Gasteiger partial charge in [-0.1, -0.05) is 140 Å². The van der Waals surface area contributed by atoms with Crippen molar-refractivity contribution < 1.29 is 4.42 Å². The Morgan fingerprint density at radius 3 is 1.91 bits per heavy atom. The molecule has 6 heteroatoms. The zero-order valence-corrected chi connectivity index (χ0v) is 31.2. The van der Waals surface area contributed by atoms with Crippen molar-refractivity contribution >= 4 is 75.3 Å². The highest BCUT2D eigenvalue weighted by atomic mass is 32.1. The summed E-state index contributed by atoms with van der Waals surface area (Å²) in [5, 5.41) is 7.01. The second kappa shape index (κ2) is 12.6. The molecule has 0 aliphatic carbocycles. The van der Waals surface area contributed by atoms with Gasteiger partial charge in [-0.2, -0.15) is 0 Å². The zero-order valence-electron chi connectivity index (χ0n) is 30.4. The standard InChI is InChI=1S/C51H30N4OS/c1-3-14-31(15-4-1)33-18-13-19-34(30-33)50-52-49(32-16-5-2-6-17-32)53-51(54-50)39-27-29-42(47-45(39)38-22-8-11-24-43(38)56-47)55-40-23-10-7-21-37(40)46-41(55)28-26-36-35-20-9-12-25-44(35)57-48(36)46/h1-30H. The van der Waals surface area contributed by atoms with Crippen LogP contribution >= 0.6 is 11.3 Å². The second-order valence-corrected chi connectivity index (χ2v) is 15.4. The van der Waals surface area contributed by atoms with Crippen LogP contribution in [0, 0.1) is 0 Å². The highest BCUT2D eigenvalue weighted by Gasteiger charge is 2.24. The molecule has 57 heavy (non-hydrogen) atoms. The van der Waals surface area contributed by atoms with Gasteiger partial charge in [0.05, 0.1) is 16.7 Å². The molecule has 0 aliphatic heterocycles. The van der Waals surface area contributed by atoms with Crippen LogP contribution in [0.5, 0.6) is 0 Å². The maximum absolute atomic E-state index is 6.91. The van der Waals surface area contributed by atoms with Gasteiger partial charge in [0.25, 0.3) is 0 Å². The lowest BCUT2D eigenvalue weighted by Crippen LogP contribution is -2.01. The molecule has 0 unspecified atom stereocenters. The maximum Gasteiger partial charge on any atom is 0.164 e. The predicted octanol–water partition coefficient (Wildman–Crippen LogP) is 13.9. The van der Waals surface area contributed by atoms with Gasteiger partial charge in [0, 0.05) is 58.4 Å². The van der Waals surface area contributed by atoms with Gasteiger partial charge in [-0.3, -0.25) is 0 Å². The number of thiophene rings is 1. The van der Waals surface area contributed by atoms with Crippen LogP contribution in [-0.4, -0.2) is 19.5 Å². The molecule has 4 heterocycles.